The molecule has 1 aliphatic rings. The molecule has 3 amide bonds. The molecule has 0 aromatic heterocycles. The fraction of sp³-hybridized carbons (Fsp3) is 0.643. The number of amides is 3. The van der Waals surface area contributed by atoms with Gasteiger partial charge in [0.05, 0.1) is 13.0 Å². The number of esters is 1. The molecule has 9 nitrogen and oxygen atoms in total. The van der Waals surface area contributed by atoms with Gasteiger partial charge in [0.15, 0.2) is 0 Å². The second kappa shape index (κ2) is 13.4. The first kappa shape index (κ1) is 30.1. The van der Waals surface area contributed by atoms with Crippen molar-refractivity contribution in [1.29, 1.82) is 0 Å². The van der Waals surface area contributed by atoms with Gasteiger partial charge < -0.3 is 25.0 Å². The Labute approximate surface area is 220 Å². The lowest BCUT2D eigenvalue weighted by Gasteiger charge is -2.44. The molecule has 1 aliphatic carbocycles. The van der Waals surface area contributed by atoms with Gasteiger partial charge in [0, 0.05) is 12.6 Å². The number of hydrogen-bond acceptors (Lipinski definition) is 6. The Hall–Kier alpha value is -3.10. The fourth-order valence-electron chi connectivity index (χ4n) is 4.22. The van der Waals surface area contributed by atoms with Crippen molar-refractivity contribution in [3.8, 4) is 0 Å². The normalized spacial score (nSPS) is 15.2. The van der Waals surface area contributed by atoms with Crippen LogP contribution in [0.15, 0.2) is 24.3 Å². The van der Waals surface area contributed by atoms with Crippen LogP contribution < -0.4 is 10.6 Å². The van der Waals surface area contributed by atoms with Gasteiger partial charge in [0.25, 0.3) is 0 Å². The first-order valence-electron chi connectivity index (χ1n) is 13.2. The molecular formula is C28H43N3O6. The lowest BCUT2D eigenvalue weighted by molar-refractivity contribution is -0.148. The zero-order valence-electron chi connectivity index (χ0n) is 23.3. The molecule has 0 aliphatic heterocycles. The average Bonchev–Trinajstić information content (AvgIpc) is 2.75. The van der Waals surface area contributed by atoms with E-state index < -0.39 is 29.7 Å². The predicted molar refractivity (Wildman–Crippen MR) is 141 cm³/mol. The minimum absolute atomic E-state index is 0.0340. The highest BCUT2D eigenvalue weighted by Crippen LogP contribution is 2.35. The summed E-state index contributed by atoms with van der Waals surface area (Å²) in [6.07, 6.45) is 1.83. The number of rotatable bonds is 11. The van der Waals surface area contributed by atoms with Crippen LogP contribution in [-0.4, -0.2) is 59.6 Å². The van der Waals surface area contributed by atoms with E-state index >= 15 is 0 Å². The number of ether oxygens (including phenoxy) is 2. The molecule has 37 heavy (non-hydrogen) atoms. The maximum Gasteiger partial charge on any atom is 0.408 e. The summed E-state index contributed by atoms with van der Waals surface area (Å²) in [5.74, 6) is -1.35. The Kier molecular flexibility index (Phi) is 10.9. The SMILES string of the molecule is CCOC(=O)CCNC(=O)C(c1ccccc1C)N(C(=O)C(NC(=O)OC(C)(C)C)C(C)C)C1CCC1. The Bertz CT molecular complexity index is 951. The number of aryl methyl sites for hydroxylation is 1. The van der Waals surface area contributed by atoms with Crippen molar-refractivity contribution in [2.75, 3.05) is 13.2 Å². The molecule has 0 spiro atoms. The quantitative estimate of drug-likeness (QED) is 0.428. The molecule has 1 saturated carbocycles. The van der Waals surface area contributed by atoms with Crippen LogP contribution in [0.1, 0.15) is 84.4 Å². The molecule has 206 valence electrons. The molecule has 1 aromatic rings. The van der Waals surface area contributed by atoms with Gasteiger partial charge in [-0.25, -0.2) is 4.79 Å². The number of hydrogen-bond donors (Lipinski definition) is 2. The van der Waals surface area contributed by atoms with E-state index in [-0.39, 0.29) is 43.3 Å². The van der Waals surface area contributed by atoms with Crippen molar-refractivity contribution < 1.29 is 28.7 Å². The number of benzene rings is 1. The van der Waals surface area contributed by atoms with E-state index in [2.05, 4.69) is 10.6 Å². The van der Waals surface area contributed by atoms with Gasteiger partial charge in [-0.2, -0.15) is 0 Å². The minimum Gasteiger partial charge on any atom is -0.466 e. The Morgan fingerprint density at radius 3 is 2.27 bits per heavy atom. The van der Waals surface area contributed by atoms with Crippen LogP contribution in [0.5, 0.6) is 0 Å². The first-order chi connectivity index (χ1) is 17.4. The maximum absolute atomic E-state index is 14.1. The highest BCUT2D eigenvalue weighted by Gasteiger charge is 2.43. The second-order valence-electron chi connectivity index (χ2n) is 10.8. The van der Waals surface area contributed by atoms with E-state index in [9.17, 15) is 19.2 Å². The Morgan fingerprint density at radius 1 is 1.11 bits per heavy atom. The van der Waals surface area contributed by atoms with Crippen LogP contribution in [0, 0.1) is 12.8 Å². The fourth-order valence-corrected chi connectivity index (χ4v) is 4.22. The van der Waals surface area contributed by atoms with E-state index in [0.29, 0.717) is 5.56 Å². The van der Waals surface area contributed by atoms with E-state index in [1.54, 1.807) is 32.6 Å². The Balaban J connectivity index is 2.41. The van der Waals surface area contributed by atoms with Crippen LogP contribution in [-0.2, 0) is 23.9 Å². The number of carbonyl (C=O) groups excluding carboxylic acids is 4. The Morgan fingerprint density at radius 2 is 1.76 bits per heavy atom. The summed E-state index contributed by atoms with van der Waals surface area (Å²) in [5.41, 5.74) is 0.854. The van der Waals surface area contributed by atoms with Crippen molar-refractivity contribution in [1.82, 2.24) is 15.5 Å². The molecule has 0 heterocycles. The smallest absolute Gasteiger partial charge is 0.408 e. The van der Waals surface area contributed by atoms with E-state index in [4.69, 9.17) is 9.47 Å². The highest BCUT2D eigenvalue weighted by molar-refractivity contribution is 5.93. The molecule has 2 N–H and O–H groups in total. The van der Waals surface area contributed by atoms with Crippen LogP contribution in [0.25, 0.3) is 0 Å². The molecular weight excluding hydrogens is 474 g/mol. The molecule has 0 saturated heterocycles. The van der Waals surface area contributed by atoms with Crippen LogP contribution >= 0.6 is 0 Å². The molecule has 2 unspecified atom stereocenters. The first-order valence-corrected chi connectivity index (χ1v) is 13.2. The summed E-state index contributed by atoms with van der Waals surface area (Å²) >= 11 is 0. The summed E-state index contributed by atoms with van der Waals surface area (Å²) in [5, 5.41) is 5.57. The summed E-state index contributed by atoms with van der Waals surface area (Å²) in [7, 11) is 0. The molecule has 1 fully saturated rings. The third-order valence-electron chi connectivity index (χ3n) is 6.27. The topological polar surface area (TPSA) is 114 Å². The van der Waals surface area contributed by atoms with Gasteiger partial charge in [-0.1, -0.05) is 38.1 Å². The molecule has 1 aromatic carbocycles. The van der Waals surface area contributed by atoms with E-state index in [1.807, 2.05) is 45.0 Å². The largest absolute Gasteiger partial charge is 0.466 e. The van der Waals surface area contributed by atoms with Crippen molar-refractivity contribution in [3.05, 3.63) is 35.4 Å². The summed E-state index contributed by atoms with van der Waals surface area (Å²) < 4.78 is 10.4. The lowest BCUT2D eigenvalue weighted by Crippen LogP contribution is -2.59. The third kappa shape index (κ3) is 8.76. The average molecular weight is 518 g/mol. The lowest BCUT2D eigenvalue weighted by atomic mass is 9.86. The third-order valence-corrected chi connectivity index (χ3v) is 6.27. The van der Waals surface area contributed by atoms with Crippen molar-refractivity contribution in [3.63, 3.8) is 0 Å². The van der Waals surface area contributed by atoms with Gasteiger partial charge in [-0.3, -0.25) is 14.4 Å². The number of nitrogens with one attached hydrogen (secondary N) is 2. The van der Waals surface area contributed by atoms with Gasteiger partial charge in [0.2, 0.25) is 11.8 Å². The number of alkyl carbamates (subject to hydrolysis) is 1. The zero-order valence-corrected chi connectivity index (χ0v) is 23.3. The standard InChI is InChI=1S/C28H43N3O6/c1-8-36-22(32)16-17-29-25(33)24(21-15-10-9-12-19(21)4)31(20-13-11-14-20)26(34)23(18(2)3)30-27(35)37-28(5,6)7/h9-10,12,15,18,20,23-24H,8,11,13-14,16-17H2,1-7H3,(H,29,33)(H,30,35). The zero-order chi connectivity index (χ0) is 27.8. The van der Waals surface area contributed by atoms with Crippen molar-refractivity contribution in [2.24, 2.45) is 5.92 Å². The van der Waals surface area contributed by atoms with Crippen molar-refractivity contribution in [2.45, 2.75) is 97.9 Å². The highest BCUT2D eigenvalue weighted by atomic mass is 16.6. The molecule has 0 radical (unpaired) electrons. The molecule has 2 rings (SSSR count). The second-order valence-corrected chi connectivity index (χ2v) is 10.8. The van der Waals surface area contributed by atoms with E-state index in [0.717, 1.165) is 24.8 Å². The van der Waals surface area contributed by atoms with Crippen LogP contribution in [0.4, 0.5) is 4.79 Å². The summed E-state index contributed by atoms with van der Waals surface area (Å²) in [6, 6.07) is 5.52. The van der Waals surface area contributed by atoms with Crippen LogP contribution in [0.2, 0.25) is 0 Å². The summed E-state index contributed by atoms with van der Waals surface area (Å²) in [4.78, 5) is 53.8. The van der Waals surface area contributed by atoms with Crippen LogP contribution in [0.3, 0.4) is 0 Å². The van der Waals surface area contributed by atoms with Gasteiger partial charge in [0.1, 0.15) is 17.7 Å². The maximum atomic E-state index is 14.1. The molecule has 0 bridgehead atoms. The molecule has 2 atom stereocenters. The predicted octanol–water partition coefficient (Wildman–Crippen LogP) is 4.04. The van der Waals surface area contributed by atoms with Gasteiger partial charge in [-0.05, 0) is 70.9 Å². The number of carbonyl (C=O) groups is 4. The molecule has 9 heteroatoms. The minimum atomic E-state index is -0.914. The summed E-state index contributed by atoms with van der Waals surface area (Å²) in [6.45, 7) is 13.0. The van der Waals surface area contributed by atoms with Crippen molar-refractivity contribution >= 4 is 23.9 Å². The van der Waals surface area contributed by atoms with Gasteiger partial charge in [-0.15, -0.1) is 0 Å². The van der Waals surface area contributed by atoms with Gasteiger partial charge >= 0.3 is 12.1 Å². The number of nitrogens with zero attached hydrogens (tertiary/aromatic N) is 1. The monoisotopic (exact) mass is 517 g/mol. The van der Waals surface area contributed by atoms with E-state index in [1.165, 1.54) is 0 Å².